The number of carbonyl (C=O) groups is 2. The molecule has 106 valence electrons. The average Bonchev–Trinajstić information content (AvgIpc) is 2.31. The third-order valence-corrected chi connectivity index (χ3v) is 4.31. The van der Waals surface area contributed by atoms with E-state index < -0.39 is 33.8 Å². The molecule has 0 aliphatic rings. The number of hydrogen-bond donors (Lipinski definition) is 1. The first-order chi connectivity index (χ1) is 8.27. The number of sulfonamides is 1. The first-order valence-electron chi connectivity index (χ1n) is 5.04. The number of esters is 1. The van der Waals surface area contributed by atoms with E-state index in [1.807, 2.05) is 0 Å². The predicted octanol–water partition coefficient (Wildman–Crippen LogP) is -1.09. The molecule has 0 radical (unpaired) electrons. The highest BCUT2D eigenvalue weighted by molar-refractivity contribution is 7.90. The highest BCUT2D eigenvalue weighted by atomic mass is 32.2. The number of carboxylic acids is 1. The van der Waals surface area contributed by atoms with Gasteiger partial charge >= 0.3 is 11.9 Å². The normalized spacial score (nSPS) is 13.3. The van der Waals surface area contributed by atoms with Crippen molar-refractivity contribution in [3.8, 4) is 0 Å². The van der Waals surface area contributed by atoms with Gasteiger partial charge in [-0.2, -0.15) is 4.31 Å². The van der Waals surface area contributed by atoms with Crippen molar-refractivity contribution in [2.24, 2.45) is 0 Å². The third kappa shape index (κ3) is 4.59. The van der Waals surface area contributed by atoms with Gasteiger partial charge in [0.15, 0.2) is 5.25 Å². The maximum Gasteiger partial charge on any atom is 0.325 e. The molecule has 0 saturated heterocycles. The molecule has 0 spiro atoms. The topological polar surface area (TPSA) is 110 Å². The molecule has 8 nitrogen and oxygen atoms in total. The first kappa shape index (κ1) is 16.8. The number of nitrogens with zero attached hydrogens (tertiary/aromatic N) is 1. The van der Waals surface area contributed by atoms with Gasteiger partial charge in [-0.1, -0.05) is 0 Å². The molecule has 0 aliphatic carbocycles. The minimum absolute atomic E-state index is 0.0282. The van der Waals surface area contributed by atoms with Gasteiger partial charge in [-0.05, 0) is 6.92 Å². The average molecular weight is 283 g/mol. The molecule has 0 amide bonds. The van der Waals surface area contributed by atoms with Gasteiger partial charge in [0.05, 0.1) is 13.7 Å². The third-order valence-electron chi connectivity index (χ3n) is 2.20. The van der Waals surface area contributed by atoms with E-state index in [2.05, 4.69) is 4.74 Å². The van der Waals surface area contributed by atoms with Crippen LogP contribution in [0.3, 0.4) is 0 Å². The number of aliphatic carboxylic acids is 1. The second-order valence-corrected chi connectivity index (χ2v) is 5.68. The number of ether oxygens (including phenoxy) is 2. The molecule has 1 atom stereocenters. The van der Waals surface area contributed by atoms with Gasteiger partial charge in [-0.25, -0.2) is 8.42 Å². The summed E-state index contributed by atoms with van der Waals surface area (Å²) in [5.41, 5.74) is 0. The van der Waals surface area contributed by atoms with Crippen LogP contribution in [0.25, 0.3) is 0 Å². The van der Waals surface area contributed by atoms with E-state index in [1.54, 1.807) is 0 Å². The smallest absolute Gasteiger partial charge is 0.325 e. The molecule has 0 aromatic heterocycles. The fourth-order valence-electron chi connectivity index (χ4n) is 1.15. The van der Waals surface area contributed by atoms with Crippen molar-refractivity contribution in [3.05, 3.63) is 0 Å². The Morgan fingerprint density at radius 3 is 2.28 bits per heavy atom. The zero-order chi connectivity index (χ0) is 14.3. The van der Waals surface area contributed by atoms with Gasteiger partial charge in [-0.15, -0.1) is 0 Å². The fraction of sp³-hybridized carbons (Fsp3) is 0.778. The van der Waals surface area contributed by atoms with Crippen LogP contribution < -0.4 is 0 Å². The summed E-state index contributed by atoms with van der Waals surface area (Å²) in [4.78, 5) is 21.8. The van der Waals surface area contributed by atoms with Gasteiger partial charge in [-0.3, -0.25) is 9.59 Å². The summed E-state index contributed by atoms with van der Waals surface area (Å²) in [6.45, 7) is 0.294. The zero-order valence-corrected chi connectivity index (χ0v) is 11.3. The molecule has 0 aromatic rings. The summed E-state index contributed by atoms with van der Waals surface area (Å²) >= 11 is 0. The Labute approximate surface area is 106 Å². The van der Waals surface area contributed by atoms with Gasteiger partial charge in [0.25, 0.3) is 0 Å². The Morgan fingerprint density at radius 2 is 1.89 bits per heavy atom. The van der Waals surface area contributed by atoms with E-state index in [9.17, 15) is 18.0 Å². The summed E-state index contributed by atoms with van der Waals surface area (Å²) in [5.74, 6) is -2.26. The van der Waals surface area contributed by atoms with Crippen LogP contribution in [0.4, 0.5) is 0 Å². The van der Waals surface area contributed by atoms with Crippen molar-refractivity contribution < 1.29 is 32.6 Å². The van der Waals surface area contributed by atoms with E-state index in [0.717, 1.165) is 14.0 Å². The van der Waals surface area contributed by atoms with Crippen LogP contribution in [0.2, 0.25) is 0 Å². The Hall–Kier alpha value is -1.19. The standard InChI is InChI=1S/C9H17NO7S/c1-7(9(13)17-3)18(14,15)10(4-5-16-2)6-8(11)12/h7H,4-6H2,1-3H3,(H,11,12). The molecule has 0 aliphatic heterocycles. The highest BCUT2D eigenvalue weighted by Gasteiger charge is 2.35. The molecular weight excluding hydrogens is 266 g/mol. The summed E-state index contributed by atoms with van der Waals surface area (Å²) in [7, 11) is -1.66. The van der Waals surface area contributed by atoms with E-state index in [0.29, 0.717) is 4.31 Å². The van der Waals surface area contributed by atoms with E-state index in [1.165, 1.54) is 7.11 Å². The van der Waals surface area contributed by atoms with Crippen molar-refractivity contribution >= 4 is 22.0 Å². The fourth-order valence-corrected chi connectivity index (χ4v) is 2.56. The molecular formula is C9H17NO7S. The summed E-state index contributed by atoms with van der Waals surface area (Å²) in [6.07, 6.45) is 0. The van der Waals surface area contributed by atoms with Gasteiger partial charge in [0.1, 0.15) is 6.54 Å². The quantitative estimate of drug-likeness (QED) is 0.563. The number of carboxylic acid groups (broad SMARTS) is 1. The van der Waals surface area contributed by atoms with Gasteiger partial charge in [0, 0.05) is 13.7 Å². The van der Waals surface area contributed by atoms with Crippen molar-refractivity contribution in [2.75, 3.05) is 33.9 Å². The molecule has 0 fully saturated rings. The second kappa shape index (κ2) is 7.29. The Balaban J connectivity index is 5.06. The van der Waals surface area contributed by atoms with E-state index in [4.69, 9.17) is 9.84 Å². The SMILES string of the molecule is COCCN(CC(=O)O)S(=O)(=O)C(C)C(=O)OC. The van der Waals surface area contributed by atoms with Crippen LogP contribution in [0, 0.1) is 0 Å². The summed E-state index contributed by atoms with van der Waals surface area (Å²) in [5, 5.41) is 7.20. The van der Waals surface area contributed by atoms with Crippen LogP contribution in [0.15, 0.2) is 0 Å². The molecule has 0 aromatic carbocycles. The molecule has 0 heterocycles. The van der Waals surface area contributed by atoms with Crippen molar-refractivity contribution in [3.63, 3.8) is 0 Å². The Bertz CT molecular complexity index is 392. The van der Waals surface area contributed by atoms with Crippen LogP contribution in [0.5, 0.6) is 0 Å². The maximum absolute atomic E-state index is 12.0. The Morgan fingerprint density at radius 1 is 1.33 bits per heavy atom. The van der Waals surface area contributed by atoms with Crippen LogP contribution in [-0.2, 0) is 29.1 Å². The van der Waals surface area contributed by atoms with Gasteiger partial charge in [0.2, 0.25) is 10.0 Å². The number of methoxy groups -OCH3 is 2. The molecule has 1 unspecified atom stereocenters. The maximum atomic E-state index is 12.0. The first-order valence-corrected chi connectivity index (χ1v) is 6.55. The minimum Gasteiger partial charge on any atom is -0.480 e. The highest BCUT2D eigenvalue weighted by Crippen LogP contribution is 2.10. The Kier molecular flexibility index (Phi) is 6.81. The monoisotopic (exact) mass is 283 g/mol. The number of carbonyl (C=O) groups excluding carboxylic acids is 1. The van der Waals surface area contributed by atoms with Gasteiger partial charge < -0.3 is 14.6 Å². The molecule has 1 N–H and O–H groups in total. The van der Waals surface area contributed by atoms with Crippen molar-refractivity contribution in [1.29, 1.82) is 0 Å². The second-order valence-electron chi connectivity index (χ2n) is 3.43. The minimum atomic E-state index is -4.08. The molecule has 0 saturated carbocycles. The lowest BCUT2D eigenvalue weighted by atomic mass is 10.5. The lowest BCUT2D eigenvalue weighted by Gasteiger charge is -2.22. The van der Waals surface area contributed by atoms with Crippen LogP contribution in [-0.4, -0.2) is 68.9 Å². The lowest BCUT2D eigenvalue weighted by Crippen LogP contribution is -2.45. The predicted molar refractivity (Wildman–Crippen MR) is 61.5 cm³/mol. The van der Waals surface area contributed by atoms with Crippen molar-refractivity contribution in [1.82, 2.24) is 4.31 Å². The van der Waals surface area contributed by atoms with E-state index in [-0.39, 0.29) is 13.2 Å². The molecule has 0 bridgehead atoms. The number of hydrogen-bond acceptors (Lipinski definition) is 6. The van der Waals surface area contributed by atoms with E-state index >= 15 is 0 Å². The largest absolute Gasteiger partial charge is 0.480 e. The summed E-state index contributed by atoms with van der Waals surface area (Å²) in [6, 6.07) is 0. The molecule has 9 heteroatoms. The zero-order valence-electron chi connectivity index (χ0n) is 10.5. The van der Waals surface area contributed by atoms with Crippen LogP contribution in [0.1, 0.15) is 6.92 Å². The summed E-state index contributed by atoms with van der Waals surface area (Å²) < 4.78 is 33.7. The molecule has 0 rings (SSSR count). The lowest BCUT2D eigenvalue weighted by molar-refractivity contribution is -0.140. The number of rotatable bonds is 8. The van der Waals surface area contributed by atoms with Crippen LogP contribution >= 0.6 is 0 Å². The van der Waals surface area contributed by atoms with Crippen molar-refractivity contribution in [2.45, 2.75) is 12.2 Å². The molecule has 18 heavy (non-hydrogen) atoms.